The molecule has 0 amide bonds. The van der Waals surface area contributed by atoms with Crippen LogP contribution in [0.2, 0.25) is 0 Å². The van der Waals surface area contributed by atoms with E-state index in [1.54, 1.807) is 0 Å². The number of rotatable bonds is 1. The number of nitrogens with zero attached hydrogens (tertiary/aromatic N) is 1. The van der Waals surface area contributed by atoms with Crippen molar-refractivity contribution < 1.29 is 0 Å². The predicted molar refractivity (Wildman–Crippen MR) is 52.4 cm³/mol. The molecule has 2 heteroatoms. The summed E-state index contributed by atoms with van der Waals surface area (Å²) in [6.07, 6.45) is 3.53. The van der Waals surface area contributed by atoms with Crippen LogP contribution in [0.5, 0.6) is 0 Å². The van der Waals surface area contributed by atoms with Gasteiger partial charge in [0.1, 0.15) is 0 Å². The van der Waals surface area contributed by atoms with Gasteiger partial charge >= 0.3 is 0 Å². The van der Waals surface area contributed by atoms with Gasteiger partial charge in [0.15, 0.2) is 0 Å². The lowest BCUT2D eigenvalue weighted by atomic mass is 9.80. The fourth-order valence-electron chi connectivity index (χ4n) is 2.53. The molecule has 0 aromatic rings. The van der Waals surface area contributed by atoms with Crippen molar-refractivity contribution in [2.24, 2.45) is 17.7 Å². The minimum atomic E-state index is 0.508. The predicted octanol–water partition coefficient (Wildman–Crippen LogP) is 1.78. The van der Waals surface area contributed by atoms with E-state index in [0.717, 1.165) is 0 Å². The Morgan fingerprint density at radius 2 is 2.08 bits per heavy atom. The Hall–Kier alpha value is -0.340. The summed E-state index contributed by atoms with van der Waals surface area (Å²) in [5.74, 6) is 7.06. The van der Waals surface area contributed by atoms with E-state index in [0.29, 0.717) is 17.9 Å². The smallest absolute Gasteiger partial charge is 0.0326 e. The van der Waals surface area contributed by atoms with Gasteiger partial charge in [0.2, 0.25) is 0 Å². The summed E-state index contributed by atoms with van der Waals surface area (Å²) in [5, 5.41) is 1.86. The number of hydrogen-bond donors (Lipinski definition) is 1. The van der Waals surface area contributed by atoms with Crippen molar-refractivity contribution in [1.82, 2.24) is 5.01 Å². The third-order valence-electron chi connectivity index (χ3n) is 2.78. The van der Waals surface area contributed by atoms with Gasteiger partial charge < -0.3 is 0 Å². The quantitative estimate of drug-likeness (QED) is 0.367. The minimum absolute atomic E-state index is 0.508. The molecule has 0 fully saturated rings. The highest BCUT2D eigenvalue weighted by atomic mass is 15.4. The number of hydrazine groups is 1. The summed E-state index contributed by atoms with van der Waals surface area (Å²) in [6.45, 7) is 6.73. The molecule has 1 rings (SSSR count). The summed E-state index contributed by atoms with van der Waals surface area (Å²) >= 11 is 0. The minimum Gasteiger partial charge on any atom is -0.269 e. The molecule has 0 aliphatic heterocycles. The average molecular weight is 168 g/mol. The van der Waals surface area contributed by atoms with Crippen molar-refractivity contribution in [3.8, 4) is 0 Å². The van der Waals surface area contributed by atoms with E-state index < -0.39 is 0 Å². The molecule has 0 aromatic carbocycles. The fraction of sp³-hybridized carbons (Fsp3) is 0.800. The lowest BCUT2D eigenvalue weighted by molar-refractivity contribution is 0.141. The molecule has 0 spiro atoms. The molecule has 0 saturated carbocycles. The van der Waals surface area contributed by atoms with Gasteiger partial charge in [0, 0.05) is 13.1 Å². The second-order valence-electron chi connectivity index (χ2n) is 4.21. The summed E-state index contributed by atoms with van der Waals surface area (Å²) in [5.41, 5.74) is 1.51. The van der Waals surface area contributed by atoms with Crippen molar-refractivity contribution >= 4 is 0 Å². The van der Waals surface area contributed by atoms with Crippen LogP contribution in [0.15, 0.2) is 11.6 Å². The average Bonchev–Trinajstić information content (AvgIpc) is 1.82. The number of hydrogen-bond acceptors (Lipinski definition) is 2. The highest BCUT2D eigenvalue weighted by Crippen LogP contribution is 2.29. The lowest BCUT2D eigenvalue weighted by Crippen LogP contribution is -2.46. The van der Waals surface area contributed by atoms with Crippen LogP contribution in [0.25, 0.3) is 0 Å². The highest BCUT2D eigenvalue weighted by Gasteiger charge is 2.28. The van der Waals surface area contributed by atoms with Crippen LogP contribution in [0, 0.1) is 11.8 Å². The Labute approximate surface area is 75.4 Å². The molecule has 1 aliphatic carbocycles. The Bertz CT molecular complexity index is 184. The van der Waals surface area contributed by atoms with Crippen molar-refractivity contribution in [2.75, 3.05) is 7.05 Å². The molecule has 2 N–H and O–H groups in total. The van der Waals surface area contributed by atoms with E-state index in [1.165, 1.54) is 12.0 Å². The molecule has 0 bridgehead atoms. The topological polar surface area (TPSA) is 29.3 Å². The van der Waals surface area contributed by atoms with Crippen LogP contribution in [0.4, 0.5) is 0 Å². The molecule has 3 atom stereocenters. The first-order chi connectivity index (χ1) is 5.52. The van der Waals surface area contributed by atoms with Gasteiger partial charge in [-0.05, 0) is 25.2 Å². The molecule has 70 valence electrons. The third-order valence-corrected chi connectivity index (χ3v) is 2.78. The van der Waals surface area contributed by atoms with E-state index in [2.05, 4.69) is 26.8 Å². The van der Waals surface area contributed by atoms with Gasteiger partial charge in [0.05, 0.1) is 0 Å². The standard InChI is InChI=1S/C10H20N2/c1-7-5-8(2)10(12(4)11)9(3)6-7/h5,8-10H,6,11H2,1-4H3. The number of allylic oxidation sites excluding steroid dienone is 1. The summed E-state index contributed by atoms with van der Waals surface area (Å²) in [7, 11) is 1.96. The van der Waals surface area contributed by atoms with Crippen LogP contribution in [-0.2, 0) is 0 Å². The van der Waals surface area contributed by atoms with E-state index in [4.69, 9.17) is 5.84 Å². The first-order valence-electron chi connectivity index (χ1n) is 4.67. The zero-order chi connectivity index (χ0) is 9.30. The fourth-order valence-corrected chi connectivity index (χ4v) is 2.53. The summed E-state index contributed by atoms with van der Waals surface area (Å²) < 4.78 is 0. The first kappa shape index (κ1) is 9.75. The van der Waals surface area contributed by atoms with Crippen molar-refractivity contribution in [3.05, 3.63) is 11.6 Å². The van der Waals surface area contributed by atoms with Crippen molar-refractivity contribution in [3.63, 3.8) is 0 Å². The van der Waals surface area contributed by atoms with Crippen LogP contribution in [0.3, 0.4) is 0 Å². The summed E-state index contributed by atoms with van der Waals surface area (Å²) in [6, 6.07) is 0.508. The maximum Gasteiger partial charge on any atom is 0.0326 e. The highest BCUT2D eigenvalue weighted by molar-refractivity contribution is 5.09. The first-order valence-corrected chi connectivity index (χ1v) is 4.67. The number of nitrogens with two attached hydrogens (primary N) is 1. The maximum absolute atomic E-state index is 5.80. The molecule has 2 nitrogen and oxygen atoms in total. The molecule has 3 unspecified atom stereocenters. The van der Waals surface area contributed by atoms with Gasteiger partial charge in [-0.3, -0.25) is 5.84 Å². The third kappa shape index (κ3) is 1.87. The van der Waals surface area contributed by atoms with E-state index in [1.807, 2.05) is 12.1 Å². The van der Waals surface area contributed by atoms with Crippen LogP contribution < -0.4 is 5.84 Å². The van der Waals surface area contributed by atoms with Gasteiger partial charge in [0.25, 0.3) is 0 Å². The molecule has 0 aromatic heterocycles. The zero-order valence-corrected chi connectivity index (χ0v) is 8.54. The van der Waals surface area contributed by atoms with Crippen LogP contribution >= 0.6 is 0 Å². The zero-order valence-electron chi connectivity index (χ0n) is 8.54. The van der Waals surface area contributed by atoms with Gasteiger partial charge in [-0.15, -0.1) is 0 Å². The molecule has 0 radical (unpaired) electrons. The van der Waals surface area contributed by atoms with Crippen molar-refractivity contribution in [2.45, 2.75) is 33.2 Å². The second-order valence-corrected chi connectivity index (χ2v) is 4.21. The van der Waals surface area contributed by atoms with Gasteiger partial charge in [-0.1, -0.05) is 25.5 Å². The van der Waals surface area contributed by atoms with E-state index >= 15 is 0 Å². The molecule has 0 saturated heterocycles. The largest absolute Gasteiger partial charge is 0.269 e. The molecule has 12 heavy (non-hydrogen) atoms. The Balaban J connectivity index is 2.75. The SMILES string of the molecule is CC1=CC(C)C(N(C)N)C(C)C1. The second kappa shape index (κ2) is 3.58. The Morgan fingerprint density at radius 3 is 2.50 bits per heavy atom. The normalized spacial score (nSPS) is 36.8. The Morgan fingerprint density at radius 1 is 1.50 bits per heavy atom. The monoisotopic (exact) mass is 168 g/mol. The molecular weight excluding hydrogens is 148 g/mol. The van der Waals surface area contributed by atoms with E-state index in [-0.39, 0.29) is 0 Å². The summed E-state index contributed by atoms with van der Waals surface area (Å²) in [4.78, 5) is 0. The van der Waals surface area contributed by atoms with E-state index in [9.17, 15) is 0 Å². The molecule has 1 aliphatic rings. The van der Waals surface area contributed by atoms with Crippen LogP contribution in [0.1, 0.15) is 27.2 Å². The lowest BCUT2D eigenvalue weighted by Gasteiger charge is -2.37. The van der Waals surface area contributed by atoms with Gasteiger partial charge in [-0.25, -0.2) is 5.01 Å². The Kier molecular flexibility index (Phi) is 2.91. The maximum atomic E-state index is 5.80. The molecule has 0 heterocycles. The molecular formula is C10H20N2. The van der Waals surface area contributed by atoms with Crippen LogP contribution in [-0.4, -0.2) is 18.1 Å². The van der Waals surface area contributed by atoms with Gasteiger partial charge in [-0.2, -0.15) is 0 Å². The van der Waals surface area contributed by atoms with Crippen molar-refractivity contribution in [1.29, 1.82) is 0 Å².